The second-order valence-electron chi connectivity index (χ2n) is 15.2. The molecule has 2 nitrogen and oxygen atoms in total. The molecule has 1 spiro atoms. The molecule has 0 aromatic carbocycles. The first-order valence-electron chi connectivity index (χ1n) is 15.1. The Morgan fingerprint density at radius 3 is 1.86 bits per heavy atom. The Labute approximate surface area is 219 Å². The minimum Gasteiger partial charge on any atom is -0.257 e. The summed E-state index contributed by atoms with van der Waals surface area (Å²) in [5.41, 5.74) is 17.0. The molecule has 5 aliphatic rings. The van der Waals surface area contributed by atoms with E-state index in [-0.39, 0.29) is 16.2 Å². The van der Waals surface area contributed by atoms with E-state index in [9.17, 15) is 0 Å². The summed E-state index contributed by atoms with van der Waals surface area (Å²) in [5.74, 6) is 0. The van der Waals surface area contributed by atoms with E-state index in [4.69, 9.17) is 9.97 Å². The van der Waals surface area contributed by atoms with E-state index in [2.05, 4.69) is 41.5 Å². The minimum absolute atomic E-state index is 0.206. The largest absolute Gasteiger partial charge is 0.257 e. The standard InChI is InChI=1S/C34H46N2/c1-31(2,3)27-21-9-7-11-25(21)35-29-23(27)13-15-33(29,6)18-17-32(4,5)28-22-10-8-12-26(22)36-30-24(28)14-16-34(30)19-20-34/h7-20H2,1-6H3. The number of hydrogen-bond donors (Lipinski definition) is 0. The zero-order valence-corrected chi connectivity index (χ0v) is 23.8. The third kappa shape index (κ3) is 3.27. The molecule has 7 rings (SSSR count). The van der Waals surface area contributed by atoms with Crippen LogP contribution >= 0.6 is 0 Å². The summed E-state index contributed by atoms with van der Waals surface area (Å²) in [6.45, 7) is 15.0. The van der Waals surface area contributed by atoms with Crippen molar-refractivity contribution in [3.8, 4) is 0 Å². The van der Waals surface area contributed by atoms with Crippen molar-refractivity contribution < 1.29 is 0 Å². The van der Waals surface area contributed by atoms with Crippen molar-refractivity contribution in [2.75, 3.05) is 0 Å². The smallest absolute Gasteiger partial charge is 0.0503 e. The summed E-state index contributed by atoms with van der Waals surface area (Å²) in [4.78, 5) is 10.8. The molecular weight excluding hydrogens is 436 g/mol. The van der Waals surface area contributed by atoms with Crippen molar-refractivity contribution in [3.05, 3.63) is 56.2 Å². The summed E-state index contributed by atoms with van der Waals surface area (Å²) in [6.07, 6.45) is 17.9. The second kappa shape index (κ2) is 7.45. The number of nitrogens with zero attached hydrogens (tertiary/aromatic N) is 2. The predicted octanol–water partition coefficient (Wildman–Crippen LogP) is 7.69. The van der Waals surface area contributed by atoms with Gasteiger partial charge in [-0.15, -0.1) is 0 Å². The van der Waals surface area contributed by atoms with E-state index in [0.29, 0.717) is 5.41 Å². The fourth-order valence-corrected chi connectivity index (χ4v) is 8.99. The molecule has 0 bridgehead atoms. The maximum absolute atomic E-state index is 5.47. The van der Waals surface area contributed by atoms with Gasteiger partial charge in [0.1, 0.15) is 0 Å². The molecule has 36 heavy (non-hydrogen) atoms. The van der Waals surface area contributed by atoms with E-state index >= 15 is 0 Å². The van der Waals surface area contributed by atoms with Crippen LogP contribution in [0.1, 0.15) is 149 Å². The van der Waals surface area contributed by atoms with Crippen LogP contribution in [0.3, 0.4) is 0 Å². The number of fused-ring (bicyclic) bond motifs is 5. The quantitative estimate of drug-likeness (QED) is 0.446. The Morgan fingerprint density at radius 1 is 0.639 bits per heavy atom. The molecule has 2 heterocycles. The SMILES string of the molecule is CC(C)(C)c1c2c(nc3c1CCC3(C)CCC(C)(C)c1c3c(nc4c1CCC41CC1)CCC3)CCC2. The Bertz CT molecular complexity index is 1270. The highest BCUT2D eigenvalue weighted by Gasteiger charge is 2.52. The van der Waals surface area contributed by atoms with Gasteiger partial charge in [0.25, 0.3) is 0 Å². The summed E-state index contributed by atoms with van der Waals surface area (Å²) in [7, 11) is 0. The first kappa shape index (κ1) is 23.4. The van der Waals surface area contributed by atoms with E-state index in [0.717, 1.165) is 0 Å². The van der Waals surface area contributed by atoms with Gasteiger partial charge >= 0.3 is 0 Å². The zero-order valence-electron chi connectivity index (χ0n) is 23.8. The summed E-state index contributed by atoms with van der Waals surface area (Å²) in [6, 6.07) is 0. The number of rotatable bonds is 4. The predicted molar refractivity (Wildman–Crippen MR) is 148 cm³/mol. The Balaban J connectivity index is 1.25. The van der Waals surface area contributed by atoms with E-state index in [1.807, 2.05) is 0 Å². The van der Waals surface area contributed by atoms with Crippen LogP contribution in [0.25, 0.3) is 0 Å². The van der Waals surface area contributed by atoms with Crippen LogP contribution in [0.15, 0.2) is 0 Å². The van der Waals surface area contributed by atoms with Crippen molar-refractivity contribution in [2.24, 2.45) is 0 Å². The van der Waals surface area contributed by atoms with Crippen LogP contribution in [-0.4, -0.2) is 9.97 Å². The van der Waals surface area contributed by atoms with E-state index in [1.165, 1.54) is 113 Å². The van der Waals surface area contributed by atoms with Crippen molar-refractivity contribution in [1.29, 1.82) is 0 Å². The van der Waals surface area contributed by atoms with Crippen LogP contribution < -0.4 is 0 Å². The Kier molecular flexibility index (Phi) is 4.84. The van der Waals surface area contributed by atoms with Gasteiger partial charge in [0.15, 0.2) is 0 Å². The summed E-state index contributed by atoms with van der Waals surface area (Å²) >= 11 is 0. The molecule has 192 valence electrons. The van der Waals surface area contributed by atoms with Crippen molar-refractivity contribution in [1.82, 2.24) is 9.97 Å². The summed E-state index contributed by atoms with van der Waals surface area (Å²) in [5, 5.41) is 0. The Morgan fingerprint density at radius 2 is 1.22 bits per heavy atom. The lowest BCUT2D eigenvalue weighted by Gasteiger charge is -2.35. The van der Waals surface area contributed by atoms with Gasteiger partial charge in [0.05, 0.1) is 11.4 Å². The topological polar surface area (TPSA) is 25.8 Å². The molecule has 0 aliphatic heterocycles. The number of aromatic nitrogens is 2. The lowest BCUT2D eigenvalue weighted by Crippen LogP contribution is -2.29. The molecule has 0 radical (unpaired) electrons. The molecule has 0 amide bonds. The second-order valence-corrected chi connectivity index (χ2v) is 15.2. The average molecular weight is 483 g/mol. The van der Waals surface area contributed by atoms with Crippen molar-refractivity contribution in [3.63, 3.8) is 0 Å². The zero-order chi connectivity index (χ0) is 25.1. The summed E-state index contributed by atoms with van der Waals surface area (Å²) < 4.78 is 0. The van der Waals surface area contributed by atoms with Crippen LogP contribution in [0.5, 0.6) is 0 Å². The van der Waals surface area contributed by atoms with Crippen LogP contribution in [0, 0.1) is 0 Å². The molecule has 2 aromatic rings. The molecule has 1 atom stereocenters. The molecule has 0 N–H and O–H groups in total. The number of hydrogen-bond acceptors (Lipinski definition) is 2. The lowest BCUT2D eigenvalue weighted by molar-refractivity contribution is 0.344. The normalized spacial score (nSPS) is 25.3. The van der Waals surface area contributed by atoms with Gasteiger partial charge in [-0.1, -0.05) is 41.5 Å². The van der Waals surface area contributed by atoms with Gasteiger partial charge in [0.2, 0.25) is 0 Å². The van der Waals surface area contributed by atoms with Gasteiger partial charge in [-0.2, -0.15) is 0 Å². The third-order valence-corrected chi connectivity index (χ3v) is 11.1. The molecule has 0 saturated heterocycles. The Hall–Kier alpha value is -1.70. The molecule has 1 unspecified atom stereocenters. The lowest BCUT2D eigenvalue weighted by atomic mass is 9.70. The van der Waals surface area contributed by atoms with Crippen LogP contribution in [-0.2, 0) is 60.2 Å². The van der Waals surface area contributed by atoms with Crippen molar-refractivity contribution in [2.45, 2.75) is 153 Å². The highest BCUT2D eigenvalue weighted by Crippen LogP contribution is 2.59. The molecular formula is C34H46N2. The molecule has 1 fully saturated rings. The van der Waals surface area contributed by atoms with Crippen LogP contribution in [0.4, 0.5) is 0 Å². The average Bonchev–Trinajstić information content (AvgIpc) is 3.18. The fourth-order valence-electron chi connectivity index (χ4n) is 8.99. The van der Waals surface area contributed by atoms with E-state index in [1.54, 1.807) is 33.4 Å². The monoisotopic (exact) mass is 482 g/mol. The van der Waals surface area contributed by atoms with Gasteiger partial charge in [-0.3, -0.25) is 9.97 Å². The molecule has 1 saturated carbocycles. The molecule has 2 aromatic heterocycles. The third-order valence-electron chi connectivity index (χ3n) is 11.1. The van der Waals surface area contributed by atoms with Crippen LogP contribution in [0.2, 0.25) is 0 Å². The minimum atomic E-state index is 0.206. The maximum atomic E-state index is 5.47. The highest BCUT2D eigenvalue weighted by atomic mass is 14.8. The molecule has 5 aliphatic carbocycles. The van der Waals surface area contributed by atoms with Gasteiger partial charge < -0.3 is 0 Å². The van der Waals surface area contributed by atoms with Gasteiger partial charge in [-0.05, 0) is 134 Å². The number of aryl methyl sites for hydroxylation is 2. The fraction of sp³-hybridized carbons (Fsp3) is 0.706. The van der Waals surface area contributed by atoms with Gasteiger partial charge in [-0.25, -0.2) is 0 Å². The first-order valence-corrected chi connectivity index (χ1v) is 15.1. The van der Waals surface area contributed by atoms with Crippen molar-refractivity contribution >= 4 is 0 Å². The van der Waals surface area contributed by atoms with E-state index < -0.39 is 0 Å². The van der Waals surface area contributed by atoms with Gasteiger partial charge in [0, 0.05) is 22.2 Å². The maximum Gasteiger partial charge on any atom is 0.0503 e. The molecule has 2 heteroatoms. The highest BCUT2D eigenvalue weighted by molar-refractivity contribution is 5.54. The number of pyridine rings is 2. The first-order chi connectivity index (χ1) is 17.0.